The van der Waals surface area contributed by atoms with Crippen LogP contribution in [-0.2, 0) is 4.74 Å². The van der Waals surface area contributed by atoms with Crippen LogP contribution in [0.3, 0.4) is 0 Å². The van der Waals surface area contributed by atoms with E-state index < -0.39 is 0 Å². The van der Waals surface area contributed by atoms with Crippen molar-refractivity contribution in [2.45, 2.75) is 19.9 Å². The zero-order chi connectivity index (χ0) is 12.8. The van der Waals surface area contributed by atoms with Gasteiger partial charge >= 0.3 is 0 Å². The highest BCUT2D eigenvalue weighted by atomic mass is 16.5. The third-order valence-electron chi connectivity index (χ3n) is 2.54. The summed E-state index contributed by atoms with van der Waals surface area (Å²) < 4.78 is 5.06. The normalized spacial score (nSPS) is 12.2. The van der Waals surface area contributed by atoms with Crippen LogP contribution in [0.1, 0.15) is 24.3 Å². The van der Waals surface area contributed by atoms with E-state index in [1.165, 1.54) is 6.20 Å². The van der Waals surface area contributed by atoms with Crippen molar-refractivity contribution in [2.75, 3.05) is 26.0 Å². The second kappa shape index (κ2) is 6.20. The van der Waals surface area contributed by atoms with Gasteiger partial charge in [0.15, 0.2) is 0 Å². The first-order valence-corrected chi connectivity index (χ1v) is 5.61. The standard InChI is InChI=1S/C12H19N3O2/c1-4-15(9(2)8-17-3)12(16)11-7-10(13)5-6-14-11/h5-7,9H,4,8H2,1-3H3,(H2,13,14). The third-order valence-corrected chi connectivity index (χ3v) is 2.54. The number of methoxy groups -OCH3 is 1. The van der Waals surface area contributed by atoms with E-state index in [-0.39, 0.29) is 11.9 Å². The lowest BCUT2D eigenvalue weighted by atomic mass is 10.2. The van der Waals surface area contributed by atoms with E-state index in [1.54, 1.807) is 24.1 Å². The Morgan fingerprint density at radius 1 is 1.65 bits per heavy atom. The maximum atomic E-state index is 12.2. The predicted molar refractivity (Wildman–Crippen MR) is 66.7 cm³/mol. The Hall–Kier alpha value is -1.62. The van der Waals surface area contributed by atoms with Crippen molar-refractivity contribution in [3.63, 3.8) is 0 Å². The number of hydrogen-bond acceptors (Lipinski definition) is 4. The van der Waals surface area contributed by atoms with Crippen LogP contribution in [0.25, 0.3) is 0 Å². The average molecular weight is 237 g/mol. The van der Waals surface area contributed by atoms with Crippen LogP contribution in [0.15, 0.2) is 18.3 Å². The van der Waals surface area contributed by atoms with E-state index in [0.717, 1.165) is 0 Å². The van der Waals surface area contributed by atoms with Crippen molar-refractivity contribution in [3.8, 4) is 0 Å². The van der Waals surface area contributed by atoms with E-state index in [1.807, 2.05) is 13.8 Å². The Morgan fingerprint density at radius 2 is 2.35 bits per heavy atom. The summed E-state index contributed by atoms with van der Waals surface area (Å²) in [6.45, 7) is 4.98. The van der Waals surface area contributed by atoms with Gasteiger partial charge in [-0.1, -0.05) is 0 Å². The van der Waals surface area contributed by atoms with Crippen LogP contribution < -0.4 is 5.73 Å². The molecule has 1 heterocycles. The molecular weight excluding hydrogens is 218 g/mol. The van der Waals surface area contributed by atoms with Crippen molar-refractivity contribution < 1.29 is 9.53 Å². The second-order valence-electron chi connectivity index (χ2n) is 3.87. The molecule has 0 aromatic carbocycles. The van der Waals surface area contributed by atoms with Gasteiger partial charge in [-0.3, -0.25) is 9.78 Å². The Kier molecular flexibility index (Phi) is 4.90. The topological polar surface area (TPSA) is 68.5 Å². The van der Waals surface area contributed by atoms with Gasteiger partial charge in [0.05, 0.1) is 12.6 Å². The number of carbonyl (C=O) groups is 1. The number of nitrogens with two attached hydrogens (primary N) is 1. The van der Waals surface area contributed by atoms with Crippen LogP contribution in [0.4, 0.5) is 5.69 Å². The fourth-order valence-corrected chi connectivity index (χ4v) is 1.70. The number of rotatable bonds is 5. The quantitative estimate of drug-likeness (QED) is 0.834. The minimum atomic E-state index is -0.121. The summed E-state index contributed by atoms with van der Waals surface area (Å²) in [4.78, 5) is 17.9. The molecule has 0 aliphatic rings. The van der Waals surface area contributed by atoms with Crippen molar-refractivity contribution in [1.29, 1.82) is 0 Å². The van der Waals surface area contributed by atoms with Gasteiger partial charge in [0.1, 0.15) is 5.69 Å². The van der Waals surface area contributed by atoms with Gasteiger partial charge in [0, 0.05) is 25.5 Å². The zero-order valence-corrected chi connectivity index (χ0v) is 10.5. The van der Waals surface area contributed by atoms with Crippen LogP contribution in [0, 0.1) is 0 Å². The predicted octanol–water partition coefficient (Wildman–Crippen LogP) is 1.16. The molecule has 1 atom stereocenters. The van der Waals surface area contributed by atoms with Crippen molar-refractivity contribution in [1.82, 2.24) is 9.88 Å². The van der Waals surface area contributed by atoms with E-state index in [0.29, 0.717) is 24.5 Å². The van der Waals surface area contributed by atoms with Crippen LogP contribution in [0.5, 0.6) is 0 Å². The Morgan fingerprint density at radius 3 is 2.88 bits per heavy atom. The summed E-state index contributed by atoms with van der Waals surface area (Å²) in [5.41, 5.74) is 6.55. The van der Waals surface area contributed by atoms with Gasteiger partial charge in [-0.2, -0.15) is 0 Å². The Balaban J connectivity index is 2.86. The summed E-state index contributed by atoms with van der Waals surface area (Å²) >= 11 is 0. The molecule has 5 heteroatoms. The number of hydrogen-bond donors (Lipinski definition) is 1. The number of amides is 1. The number of nitrogens with zero attached hydrogens (tertiary/aromatic N) is 2. The van der Waals surface area contributed by atoms with E-state index in [9.17, 15) is 4.79 Å². The van der Waals surface area contributed by atoms with Crippen molar-refractivity contribution in [2.24, 2.45) is 0 Å². The average Bonchev–Trinajstić information content (AvgIpc) is 2.30. The molecule has 17 heavy (non-hydrogen) atoms. The maximum absolute atomic E-state index is 12.2. The number of aromatic nitrogens is 1. The van der Waals surface area contributed by atoms with Gasteiger partial charge in [-0.15, -0.1) is 0 Å². The maximum Gasteiger partial charge on any atom is 0.272 e. The SMILES string of the molecule is CCN(C(=O)c1cc(N)ccn1)C(C)COC. The highest BCUT2D eigenvalue weighted by molar-refractivity contribution is 5.93. The van der Waals surface area contributed by atoms with E-state index in [2.05, 4.69) is 4.98 Å². The molecule has 0 spiro atoms. The molecule has 0 saturated carbocycles. The summed E-state index contributed by atoms with van der Waals surface area (Å²) in [5.74, 6) is -0.121. The van der Waals surface area contributed by atoms with Gasteiger partial charge in [0.25, 0.3) is 5.91 Å². The molecule has 94 valence electrons. The largest absolute Gasteiger partial charge is 0.399 e. The first kappa shape index (κ1) is 13.4. The van der Waals surface area contributed by atoms with Crippen LogP contribution in [-0.4, -0.2) is 42.1 Å². The number of carbonyl (C=O) groups excluding carboxylic acids is 1. The zero-order valence-electron chi connectivity index (χ0n) is 10.5. The summed E-state index contributed by atoms with van der Waals surface area (Å²) in [5, 5.41) is 0. The molecule has 1 amide bonds. The molecule has 5 nitrogen and oxygen atoms in total. The van der Waals surface area contributed by atoms with Gasteiger partial charge in [-0.25, -0.2) is 0 Å². The lowest BCUT2D eigenvalue weighted by Gasteiger charge is -2.27. The molecule has 0 saturated heterocycles. The fourth-order valence-electron chi connectivity index (χ4n) is 1.70. The number of nitrogen functional groups attached to an aromatic ring is 1. The number of ether oxygens (including phenoxy) is 1. The number of pyridine rings is 1. The molecule has 1 aromatic heterocycles. The lowest BCUT2D eigenvalue weighted by Crippen LogP contribution is -2.41. The molecular formula is C12H19N3O2. The molecule has 0 radical (unpaired) electrons. The van der Waals surface area contributed by atoms with E-state index >= 15 is 0 Å². The molecule has 0 fully saturated rings. The molecule has 0 aliphatic carbocycles. The molecule has 2 N–H and O–H groups in total. The number of anilines is 1. The first-order chi connectivity index (χ1) is 8.10. The van der Waals surface area contributed by atoms with Gasteiger partial charge < -0.3 is 15.4 Å². The lowest BCUT2D eigenvalue weighted by molar-refractivity contribution is 0.0574. The van der Waals surface area contributed by atoms with Crippen molar-refractivity contribution in [3.05, 3.63) is 24.0 Å². The summed E-state index contributed by atoms with van der Waals surface area (Å²) in [6.07, 6.45) is 1.54. The van der Waals surface area contributed by atoms with Gasteiger partial charge in [0.2, 0.25) is 0 Å². The number of likely N-dealkylation sites (N-methyl/N-ethyl adjacent to an activating group) is 1. The monoisotopic (exact) mass is 237 g/mol. The second-order valence-corrected chi connectivity index (χ2v) is 3.87. The first-order valence-electron chi connectivity index (χ1n) is 5.61. The van der Waals surface area contributed by atoms with Gasteiger partial charge in [-0.05, 0) is 26.0 Å². The fraction of sp³-hybridized carbons (Fsp3) is 0.500. The Labute approximate surface area is 102 Å². The smallest absolute Gasteiger partial charge is 0.272 e. The highest BCUT2D eigenvalue weighted by Crippen LogP contribution is 2.09. The molecule has 1 aromatic rings. The molecule has 1 rings (SSSR count). The summed E-state index contributed by atoms with van der Waals surface area (Å²) in [6, 6.07) is 3.26. The third kappa shape index (κ3) is 3.42. The molecule has 1 unspecified atom stereocenters. The van der Waals surface area contributed by atoms with Crippen molar-refractivity contribution >= 4 is 11.6 Å². The molecule has 0 aliphatic heterocycles. The minimum absolute atomic E-state index is 0.0146. The van der Waals surface area contributed by atoms with Crippen LogP contribution in [0.2, 0.25) is 0 Å². The van der Waals surface area contributed by atoms with Crippen LogP contribution >= 0.6 is 0 Å². The minimum Gasteiger partial charge on any atom is -0.399 e. The highest BCUT2D eigenvalue weighted by Gasteiger charge is 2.20. The van der Waals surface area contributed by atoms with E-state index in [4.69, 9.17) is 10.5 Å². The molecule has 0 bridgehead atoms. The summed E-state index contributed by atoms with van der Waals surface area (Å²) in [7, 11) is 1.62. The Bertz CT molecular complexity index is 382.